The molecule has 1 aromatic carbocycles. The topological polar surface area (TPSA) is 51.0 Å². The average molecular weight is 294 g/mol. The van der Waals surface area contributed by atoms with Crippen molar-refractivity contribution in [2.24, 2.45) is 0 Å². The third kappa shape index (κ3) is 2.43. The van der Waals surface area contributed by atoms with Crippen LogP contribution >= 0.6 is 23.3 Å². The van der Waals surface area contributed by atoms with Gasteiger partial charge in [0.2, 0.25) is 0 Å². The van der Waals surface area contributed by atoms with Gasteiger partial charge in [0.15, 0.2) is 17.3 Å². The number of aromatic nitrogens is 2. The van der Waals surface area contributed by atoms with E-state index in [9.17, 15) is 0 Å². The summed E-state index contributed by atoms with van der Waals surface area (Å²) in [6.45, 7) is 2.97. The van der Waals surface area contributed by atoms with Gasteiger partial charge in [0.1, 0.15) is 5.58 Å². The largest absolute Gasteiger partial charge is 0.454 e. The molecular formula is C13H12ClN3OS. The molecule has 6 heteroatoms. The van der Waals surface area contributed by atoms with E-state index in [1.165, 1.54) is 11.7 Å². The fourth-order valence-corrected chi connectivity index (χ4v) is 2.55. The number of nitrogens with zero attached hydrogens (tertiary/aromatic N) is 2. The summed E-state index contributed by atoms with van der Waals surface area (Å²) < 4.78 is 14.3. The molecular weight excluding hydrogens is 282 g/mol. The first kappa shape index (κ1) is 12.4. The highest BCUT2D eigenvalue weighted by Gasteiger charge is 2.14. The van der Waals surface area contributed by atoms with E-state index in [0.717, 1.165) is 35.4 Å². The molecule has 0 radical (unpaired) electrons. The molecule has 2 heterocycles. The van der Waals surface area contributed by atoms with Crippen LogP contribution in [0.3, 0.4) is 0 Å². The SMILES string of the molecule is CCCNc1nsnc1-c1cc2cc(Cl)ccc2o1. The van der Waals surface area contributed by atoms with Crippen LogP contribution in [0, 0.1) is 0 Å². The van der Waals surface area contributed by atoms with Crippen LogP contribution in [0.5, 0.6) is 0 Å². The van der Waals surface area contributed by atoms with Crippen LogP contribution in [0.1, 0.15) is 13.3 Å². The van der Waals surface area contributed by atoms with Gasteiger partial charge in [-0.05, 0) is 30.7 Å². The van der Waals surface area contributed by atoms with Gasteiger partial charge in [0.05, 0.1) is 11.7 Å². The van der Waals surface area contributed by atoms with E-state index in [2.05, 4.69) is 21.0 Å². The molecule has 3 rings (SSSR count). The molecule has 98 valence electrons. The van der Waals surface area contributed by atoms with Crippen LogP contribution in [0.4, 0.5) is 5.82 Å². The minimum absolute atomic E-state index is 0.695. The Morgan fingerprint density at radius 3 is 3.05 bits per heavy atom. The van der Waals surface area contributed by atoms with Crippen molar-refractivity contribution in [3.8, 4) is 11.5 Å². The predicted octanol–water partition coefficient (Wildman–Crippen LogP) is 4.43. The number of nitrogens with one attached hydrogen (secondary N) is 1. The van der Waals surface area contributed by atoms with Gasteiger partial charge in [-0.3, -0.25) is 0 Å². The molecule has 0 spiro atoms. The Labute approximate surface area is 119 Å². The van der Waals surface area contributed by atoms with Gasteiger partial charge in [0.25, 0.3) is 0 Å². The van der Waals surface area contributed by atoms with E-state index in [0.29, 0.717) is 10.8 Å². The lowest BCUT2D eigenvalue weighted by Crippen LogP contribution is -2.00. The number of benzene rings is 1. The number of anilines is 1. The van der Waals surface area contributed by atoms with Crippen molar-refractivity contribution in [3.63, 3.8) is 0 Å². The number of hydrogen-bond acceptors (Lipinski definition) is 5. The molecule has 0 saturated heterocycles. The Morgan fingerprint density at radius 1 is 1.32 bits per heavy atom. The summed E-state index contributed by atoms with van der Waals surface area (Å²) in [5.74, 6) is 1.49. The fourth-order valence-electron chi connectivity index (χ4n) is 1.84. The number of fused-ring (bicyclic) bond motifs is 1. The van der Waals surface area contributed by atoms with Gasteiger partial charge >= 0.3 is 0 Å². The zero-order valence-corrected chi connectivity index (χ0v) is 11.9. The standard InChI is InChI=1S/C13H12ClN3OS/c1-2-5-15-13-12(16-19-17-13)11-7-8-6-9(14)3-4-10(8)18-11/h3-4,6-7H,2,5H2,1H3,(H,15,17). The highest BCUT2D eigenvalue weighted by molar-refractivity contribution is 6.99. The normalized spacial score (nSPS) is 11.1. The minimum atomic E-state index is 0.695. The van der Waals surface area contributed by atoms with E-state index >= 15 is 0 Å². The van der Waals surface area contributed by atoms with E-state index < -0.39 is 0 Å². The summed E-state index contributed by atoms with van der Waals surface area (Å²) in [7, 11) is 0. The summed E-state index contributed by atoms with van der Waals surface area (Å²) in [6, 6.07) is 7.49. The van der Waals surface area contributed by atoms with Crippen molar-refractivity contribution in [3.05, 3.63) is 29.3 Å². The molecule has 19 heavy (non-hydrogen) atoms. The lowest BCUT2D eigenvalue weighted by molar-refractivity contribution is 0.630. The first-order chi connectivity index (χ1) is 9.28. The van der Waals surface area contributed by atoms with E-state index in [-0.39, 0.29) is 0 Å². The van der Waals surface area contributed by atoms with Crippen molar-refractivity contribution < 1.29 is 4.42 Å². The second-order valence-corrected chi connectivity index (χ2v) is 5.15. The molecule has 0 fully saturated rings. The van der Waals surface area contributed by atoms with Crippen molar-refractivity contribution in [2.45, 2.75) is 13.3 Å². The van der Waals surface area contributed by atoms with Gasteiger partial charge in [-0.2, -0.15) is 8.75 Å². The summed E-state index contributed by atoms with van der Waals surface area (Å²) in [5, 5.41) is 4.91. The second-order valence-electron chi connectivity index (χ2n) is 4.18. The number of hydrogen-bond donors (Lipinski definition) is 1. The van der Waals surface area contributed by atoms with Gasteiger partial charge < -0.3 is 9.73 Å². The number of rotatable bonds is 4. The van der Waals surface area contributed by atoms with Crippen molar-refractivity contribution in [1.82, 2.24) is 8.75 Å². The van der Waals surface area contributed by atoms with Crippen LogP contribution in [0.25, 0.3) is 22.4 Å². The maximum atomic E-state index is 5.97. The quantitative estimate of drug-likeness (QED) is 0.773. The Balaban J connectivity index is 2.01. The molecule has 0 atom stereocenters. The Bertz CT molecular complexity index is 707. The summed E-state index contributed by atoms with van der Waals surface area (Å²) in [5.41, 5.74) is 1.56. The Morgan fingerprint density at radius 2 is 2.21 bits per heavy atom. The van der Waals surface area contributed by atoms with E-state index in [1.807, 2.05) is 24.3 Å². The van der Waals surface area contributed by atoms with Gasteiger partial charge in [-0.25, -0.2) is 0 Å². The molecule has 0 aliphatic rings. The third-order valence-electron chi connectivity index (χ3n) is 2.74. The van der Waals surface area contributed by atoms with Crippen LogP contribution in [0.2, 0.25) is 5.02 Å². The first-order valence-corrected chi connectivity index (χ1v) is 7.14. The average Bonchev–Trinajstić information content (AvgIpc) is 3.01. The summed E-state index contributed by atoms with van der Waals surface area (Å²) in [4.78, 5) is 0. The highest BCUT2D eigenvalue weighted by Crippen LogP contribution is 2.32. The Hall–Kier alpha value is -1.59. The second kappa shape index (κ2) is 5.19. The zero-order chi connectivity index (χ0) is 13.2. The third-order valence-corrected chi connectivity index (χ3v) is 3.51. The van der Waals surface area contributed by atoms with Crippen molar-refractivity contribution in [1.29, 1.82) is 0 Å². The summed E-state index contributed by atoms with van der Waals surface area (Å²) >= 11 is 7.15. The molecule has 0 aliphatic carbocycles. The lowest BCUT2D eigenvalue weighted by atomic mass is 10.2. The van der Waals surface area contributed by atoms with E-state index in [4.69, 9.17) is 16.0 Å². The van der Waals surface area contributed by atoms with Gasteiger partial charge in [-0.15, -0.1) is 0 Å². The number of halogens is 1. The molecule has 1 N–H and O–H groups in total. The minimum Gasteiger partial charge on any atom is -0.454 e. The molecule has 0 bridgehead atoms. The maximum Gasteiger partial charge on any atom is 0.171 e. The molecule has 0 unspecified atom stereocenters. The van der Waals surface area contributed by atoms with Gasteiger partial charge in [-0.1, -0.05) is 18.5 Å². The van der Waals surface area contributed by atoms with Crippen molar-refractivity contribution >= 4 is 40.1 Å². The fraction of sp³-hybridized carbons (Fsp3) is 0.231. The van der Waals surface area contributed by atoms with Gasteiger partial charge in [0, 0.05) is 17.0 Å². The predicted molar refractivity (Wildman–Crippen MR) is 78.9 cm³/mol. The zero-order valence-electron chi connectivity index (χ0n) is 10.3. The molecule has 2 aromatic heterocycles. The van der Waals surface area contributed by atoms with E-state index in [1.54, 1.807) is 0 Å². The molecule has 0 aliphatic heterocycles. The smallest absolute Gasteiger partial charge is 0.171 e. The molecule has 0 amide bonds. The maximum absolute atomic E-state index is 5.97. The summed E-state index contributed by atoms with van der Waals surface area (Å²) in [6.07, 6.45) is 1.03. The molecule has 3 aromatic rings. The van der Waals surface area contributed by atoms with Crippen LogP contribution in [-0.4, -0.2) is 15.3 Å². The van der Waals surface area contributed by atoms with Crippen LogP contribution in [-0.2, 0) is 0 Å². The lowest BCUT2D eigenvalue weighted by Gasteiger charge is -2.00. The van der Waals surface area contributed by atoms with Crippen molar-refractivity contribution in [2.75, 3.05) is 11.9 Å². The first-order valence-electron chi connectivity index (χ1n) is 6.04. The highest BCUT2D eigenvalue weighted by atomic mass is 35.5. The Kier molecular flexibility index (Phi) is 3.40. The molecule has 4 nitrogen and oxygen atoms in total. The molecule has 0 saturated carbocycles. The number of furan rings is 1. The van der Waals surface area contributed by atoms with Crippen LogP contribution < -0.4 is 5.32 Å². The monoisotopic (exact) mass is 293 g/mol. The van der Waals surface area contributed by atoms with Crippen LogP contribution in [0.15, 0.2) is 28.7 Å².